The molecule has 0 atom stereocenters. The van der Waals surface area contributed by atoms with E-state index in [1.54, 1.807) is 35.7 Å². The molecule has 0 fully saturated rings. The molecule has 8 nitrogen and oxygen atoms in total. The lowest BCUT2D eigenvalue weighted by molar-refractivity contribution is 0.337. The third-order valence-corrected chi connectivity index (χ3v) is 4.12. The van der Waals surface area contributed by atoms with Crippen molar-refractivity contribution in [3.8, 4) is 22.8 Å². The number of H-pyrrole nitrogens is 1. The molecular formula is C20H18N6O2. The van der Waals surface area contributed by atoms with Gasteiger partial charge in [-0.1, -0.05) is 18.2 Å². The van der Waals surface area contributed by atoms with E-state index >= 15 is 0 Å². The van der Waals surface area contributed by atoms with Crippen LogP contribution < -0.4 is 10.2 Å². The molecule has 0 unspecified atom stereocenters. The predicted molar refractivity (Wildman–Crippen MR) is 103 cm³/mol. The Morgan fingerprint density at radius 2 is 2.00 bits per heavy atom. The highest BCUT2D eigenvalue weighted by Gasteiger charge is 2.08. The van der Waals surface area contributed by atoms with Crippen molar-refractivity contribution in [2.24, 2.45) is 0 Å². The van der Waals surface area contributed by atoms with Gasteiger partial charge in [0, 0.05) is 30.4 Å². The predicted octanol–water partition coefficient (Wildman–Crippen LogP) is 2.40. The van der Waals surface area contributed by atoms with Crippen molar-refractivity contribution in [2.75, 3.05) is 6.61 Å². The molecule has 0 bridgehead atoms. The highest BCUT2D eigenvalue weighted by atomic mass is 16.5. The van der Waals surface area contributed by atoms with Crippen molar-refractivity contribution >= 4 is 0 Å². The summed E-state index contributed by atoms with van der Waals surface area (Å²) in [7, 11) is 0. The summed E-state index contributed by atoms with van der Waals surface area (Å²) in [5.41, 5.74) is 2.92. The standard InChI is InChI=1S/C20H18N6O2/c1-2-28-17-12-21-20(22-13-17)15-5-3-4-14(8-15)9-18-19(27)6-7-26(25-18)16-10-23-24-11-16/h3-8,10-13H,2,9H2,1H3,(H,23,24). The van der Waals surface area contributed by atoms with Gasteiger partial charge in [-0.05, 0) is 18.6 Å². The van der Waals surface area contributed by atoms with Gasteiger partial charge in [0.05, 0.1) is 25.2 Å². The van der Waals surface area contributed by atoms with E-state index in [9.17, 15) is 4.79 Å². The molecular weight excluding hydrogens is 356 g/mol. The molecule has 1 N–H and O–H groups in total. The van der Waals surface area contributed by atoms with Gasteiger partial charge in [-0.3, -0.25) is 9.89 Å². The molecule has 1 aromatic carbocycles. The van der Waals surface area contributed by atoms with Gasteiger partial charge in [0.25, 0.3) is 0 Å². The molecule has 0 saturated carbocycles. The van der Waals surface area contributed by atoms with Gasteiger partial charge in [0.15, 0.2) is 11.6 Å². The Bertz CT molecular complexity index is 1120. The summed E-state index contributed by atoms with van der Waals surface area (Å²) in [5, 5.41) is 11.1. The molecule has 28 heavy (non-hydrogen) atoms. The maximum absolute atomic E-state index is 12.3. The molecule has 0 aliphatic heterocycles. The van der Waals surface area contributed by atoms with Crippen LogP contribution in [0.15, 0.2) is 66.1 Å². The minimum atomic E-state index is -0.109. The van der Waals surface area contributed by atoms with Crippen LogP contribution in [0.25, 0.3) is 17.1 Å². The number of rotatable bonds is 6. The Morgan fingerprint density at radius 1 is 1.14 bits per heavy atom. The molecule has 0 saturated heterocycles. The molecule has 0 aliphatic carbocycles. The third-order valence-electron chi connectivity index (χ3n) is 4.12. The Kier molecular flexibility index (Phi) is 4.92. The number of nitrogens with zero attached hydrogens (tertiary/aromatic N) is 5. The molecule has 0 aliphatic rings. The number of benzene rings is 1. The topological polar surface area (TPSA) is 98.6 Å². The highest BCUT2D eigenvalue weighted by molar-refractivity contribution is 5.56. The number of aromatic nitrogens is 6. The zero-order chi connectivity index (χ0) is 19.3. The van der Waals surface area contributed by atoms with Gasteiger partial charge in [0.2, 0.25) is 5.43 Å². The van der Waals surface area contributed by atoms with E-state index < -0.39 is 0 Å². The summed E-state index contributed by atoms with van der Waals surface area (Å²) in [4.78, 5) is 21.0. The molecule has 3 heterocycles. The van der Waals surface area contributed by atoms with Gasteiger partial charge in [-0.2, -0.15) is 10.2 Å². The van der Waals surface area contributed by atoms with Gasteiger partial charge >= 0.3 is 0 Å². The zero-order valence-corrected chi connectivity index (χ0v) is 15.2. The van der Waals surface area contributed by atoms with Crippen LogP contribution in [0.4, 0.5) is 0 Å². The SMILES string of the molecule is CCOc1cnc(-c2cccc(Cc3nn(-c4cn[nH]c4)ccc3=O)c2)nc1. The number of aromatic amines is 1. The molecule has 3 aromatic heterocycles. The van der Waals surface area contributed by atoms with Crippen molar-refractivity contribution in [3.05, 3.63) is 82.8 Å². The second-order valence-electron chi connectivity index (χ2n) is 6.08. The molecule has 0 spiro atoms. The number of hydrogen-bond donors (Lipinski definition) is 1. The summed E-state index contributed by atoms with van der Waals surface area (Å²) < 4.78 is 7.00. The second kappa shape index (κ2) is 7.83. The average Bonchev–Trinajstić information content (AvgIpc) is 3.26. The van der Waals surface area contributed by atoms with E-state index in [0.29, 0.717) is 30.3 Å². The molecule has 8 heteroatoms. The first-order valence-corrected chi connectivity index (χ1v) is 8.85. The highest BCUT2D eigenvalue weighted by Crippen LogP contribution is 2.19. The van der Waals surface area contributed by atoms with Gasteiger partial charge in [-0.25, -0.2) is 14.6 Å². The minimum Gasteiger partial charge on any atom is -0.491 e. The maximum atomic E-state index is 12.3. The fraction of sp³-hybridized carbons (Fsp3) is 0.150. The van der Waals surface area contributed by atoms with Gasteiger partial charge in [0.1, 0.15) is 11.4 Å². The van der Waals surface area contributed by atoms with E-state index in [1.165, 1.54) is 6.07 Å². The average molecular weight is 374 g/mol. The summed E-state index contributed by atoms with van der Waals surface area (Å²) in [6.45, 7) is 2.48. The summed E-state index contributed by atoms with van der Waals surface area (Å²) >= 11 is 0. The monoisotopic (exact) mass is 374 g/mol. The van der Waals surface area contributed by atoms with Crippen LogP contribution in [-0.4, -0.2) is 36.6 Å². The van der Waals surface area contributed by atoms with Crippen molar-refractivity contribution in [1.29, 1.82) is 0 Å². The largest absolute Gasteiger partial charge is 0.491 e. The van der Waals surface area contributed by atoms with Crippen LogP contribution in [0.3, 0.4) is 0 Å². The third kappa shape index (κ3) is 3.80. The molecule has 140 valence electrons. The van der Waals surface area contributed by atoms with Crippen LogP contribution in [0.1, 0.15) is 18.2 Å². The lowest BCUT2D eigenvalue weighted by Gasteiger charge is -2.07. The Labute approximate surface area is 160 Å². The van der Waals surface area contributed by atoms with Crippen molar-refractivity contribution in [3.63, 3.8) is 0 Å². The molecule has 4 rings (SSSR count). The first-order chi connectivity index (χ1) is 13.7. The van der Waals surface area contributed by atoms with E-state index in [4.69, 9.17) is 4.74 Å². The summed E-state index contributed by atoms with van der Waals surface area (Å²) in [6, 6.07) is 9.28. The molecule has 4 aromatic rings. The zero-order valence-electron chi connectivity index (χ0n) is 15.2. The fourth-order valence-corrected chi connectivity index (χ4v) is 2.80. The quantitative estimate of drug-likeness (QED) is 0.556. The van der Waals surface area contributed by atoms with E-state index in [2.05, 4.69) is 25.3 Å². The Morgan fingerprint density at radius 3 is 2.75 bits per heavy atom. The van der Waals surface area contributed by atoms with Crippen LogP contribution in [0, 0.1) is 0 Å². The fourth-order valence-electron chi connectivity index (χ4n) is 2.80. The first kappa shape index (κ1) is 17.6. The normalized spacial score (nSPS) is 10.8. The maximum Gasteiger partial charge on any atom is 0.203 e. The van der Waals surface area contributed by atoms with E-state index in [1.807, 2.05) is 31.2 Å². The lowest BCUT2D eigenvalue weighted by atomic mass is 10.1. The second-order valence-corrected chi connectivity index (χ2v) is 6.08. The number of hydrogen-bond acceptors (Lipinski definition) is 6. The van der Waals surface area contributed by atoms with Crippen LogP contribution >= 0.6 is 0 Å². The summed E-state index contributed by atoms with van der Waals surface area (Å²) in [5.74, 6) is 1.23. The lowest BCUT2D eigenvalue weighted by Crippen LogP contribution is -2.16. The number of ether oxygens (including phenoxy) is 1. The smallest absolute Gasteiger partial charge is 0.203 e. The van der Waals surface area contributed by atoms with Crippen LogP contribution in [-0.2, 0) is 6.42 Å². The van der Waals surface area contributed by atoms with Gasteiger partial charge in [-0.15, -0.1) is 0 Å². The van der Waals surface area contributed by atoms with E-state index in [0.717, 1.165) is 16.8 Å². The molecule has 0 amide bonds. The van der Waals surface area contributed by atoms with Crippen molar-refractivity contribution < 1.29 is 4.74 Å². The van der Waals surface area contributed by atoms with Crippen LogP contribution in [0.2, 0.25) is 0 Å². The van der Waals surface area contributed by atoms with Crippen LogP contribution in [0.5, 0.6) is 5.75 Å². The molecule has 0 radical (unpaired) electrons. The minimum absolute atomic E-state index is 0.109. The number of nitrogens with one attached hydrogen (secondary N) is 1. The Balaban J connectivity index is 1.60. The first-order valence-electron chi connectivity index (χ1n) is 8.85. The Hall–Kier alpha value is -3.81. The summed E-state index contributed by atoms with van der Waals surface area (Å²) in [6.07, 6.45) is 8.70. The van der Waals surface area contributed by atoms with Gasteiger partial charge < -0.3 is 4.74 Å². The van der Waals surface area contributed by atoms with E-state index in [-0.39, 0.29) is 5.43 Å². The van der Waals surface area contributed by atoms with Crippen molar-refractivity contribution in [2.45, 2.75) is 13.3 Å². The van der Waals surface area contributed by atoms with Crippen molar-refractivity contribution in [1.82, 2.24) is 29.9 Å².